The Morgan fingerprint density at radius 1 is 1.38 bits per heavy atom. The van der Waals surface area contributed by atoms with Gasteiger partial charge in [0.05, 0.1) is 24.0 Å². The maximum atomic E-state index is 11.5. The molecule has 0 aromatic heterocycles. The van der Waals surface area contributed by atoms with Gasteiger partial charge in [0.2, 0.25) is 5.91 Å². The van der Waals surface area contributed by atoms with Gasteiger partial charge in [-0.25, -0.2) is 8.42 Å². The number of carbonyl (C=O) groups excluding carboxylic acids is 2. The molecule has 1 saturated heterocycles. The molecule has 0 saturated carbocycles. The van der Waals surface area contributed by atoms with E-state index in [1.165, 1.54) is 0 Å². The third-order valence-electron chi connectivity index (χ3n) is 2.68. The monoisotopic (exact) mass is 247 g/mol. The van der Waals surface area contributed by atoms with Gasteiger partial charge < -0.3 is 5.32 Å². The fraction of sp³-hybridized carbons (Fsp3) is 0.800. The number of sulfone groups is 1. The van der Waals surface area contributed by atoms with Crippen molar-refractivity contribution in [3.63, 3.8) is 0 Å². The highest BCUT2D eigenvalue weighted by molar-refractivity contribution is 7.91. The quantitative estimate of drug-likeness (QED) is 0.743. The predicted octanol–water partition coefficient (Wildman–Crippen LogP) is -0.238. The minimum absolute atomic E-state index is 0.00690. The van der Waals surface area contributed by atoms with Crippen LogP contribution in [0.25, 0.3) is 0 Å². The Balaban J connectivity index is 2.40. The van der Waals surface area contributed by atoms with Crippen LogP contribution in [-0.4, -0.2) is 38.2 Å². The number of Topliss-reactive ketones (excluding diaryl/α,β-unsaturated/α-hetero) is 1. The molecule has 1 N–H and O–H groups in total. The minimum atomic E-state index is -3.04. The van der Waals surface area contributed by atoms with Crippen LogP contribution < -0.4 is 5.32 Å². The number of rotatable bonds is 4. The van der Waals surface area contributed by atoms with Crippen molar-refractivity contribution in [1.29, 1.82) is 0 Å². The van der Waals surface area contributed by atoms with E-state index in [2.05, 4.69) is 5.32 Å². The SMILES string of the molecule is CC(C)C(=O)CNC(=O)C1CCS(=O)(=O)C1. The van der Waals surface area contributed by atoms with Crippen molar-refractivity contribution in [2.24, 2.45) is 11.8 Å². The van der Waals surface area contributed by atoms with Gasteiger partial charge in [-0.3, -0.25) is 9.59 Å². The molecule has 16 heavy (non-hydrogen) atoms. The van der Waals surface area contributed by atoms with Gasteiger partial charge in [0.15, 0.2) is 15.6 Å². The van der Waals surface area contributed by atoms with Crippen LogP contribution in [0.5, 0.6) is 0 Å². The van der Waals surface area contributed by atoms with Crippen molar-refractivity contribution in [2.45, 2.75) is 20.3 Å². The summed E-state index contributed by atoms with van der Waals surface area (Å²) in [6.07, 6.45) is 0.365. The number of hydrogen-bond donors (Lipinski definition) is 1. The molecule has 6 heteroatoms. The molecular formula is C10H17NO4S. The first kappa shape index (κ1) is 13.2. The van der Waals surface area contributed by atoms with E-state index < -0.39 is 15.8 Å². The fourth-order valence-electron chi connectivity index (χ4n) is 1.52. The van der Waals surface area contributed by atoms with Crippen LogP contribution in [0.1, 0.15) is 20.3 Å². The zero-order valence-corrected chi connectivity index (χ0v) is 10.3. The van der Waals surface area contributed by atoms with E-state index in [0.29, 0.717) is 6.42 Å². The summed E-state index contributed by atoms with van der Waals surface area (Å²) in [6, 6.07) is 0. The maximum absolute atomic E-state index is 11.5. The molecule has 1 rings (SSSR count). The van der Waals surface area contributed by atoms with E-state index in [4.69, 9.17) is 0 Å². The van der Waals surface area contributed by atoms with Gasteiger partial charge in [0.1, 0.15) is 0 Å². The summed E-state index contributed by atoms with van der Waals surface area (Å²) in [5.74, 6) is -0.986. The summed E-state index contributed by atoms with van der Waals surface area (Å²) in [4.78, 5) is 22.8. The van der Waals surface area contributed by atoms with Crippen LogP contribution in [-0.2, 0) is 19.4 Å². The second kappa shape index (κ2) is 4.95. The van der Waals surface area contributed by atoms with Gasteiger partial charge >= 0.3 is 0 Å². The topological polar surface area (TPSA) is 80.3 Å². The molecule has 1 fully saturated rings. The van der Waals surface area contributed by atoms with E-state index in [9.17, 15) is 18.0 Å². The molecule has 0 aliphatic carbocycles. The molecule has 1 aliphatic heterocycles. The third-order valence-corrected chi connectivity index (χ3v) is 4.45. The van der Waals surface area contributed by atoms with E-state index in [1.54, 1.807) is 13.8 Å². The number of carbonyl (C=O) groups is 2. The molecule has 1 aliphatic rings. The zero-order valence-electron chi connectivity index (χ0n) is 9.52. The lowest BCUT2D eigenvalue weighted by atomic mass is 10.1. The predicted molar refractivity (Wildman–Crippen MR) is 59.6 cm³/mol. The molecule has 1 unspecified atom stereocenters. The third kappa shape index (κ3) is 3.59. The Labute approximate surface area is 95.5 Å². The highest BCUT2D eigenvalue weighted by atomic mass is 32.2. The summed E-state index contributed by atoms with van der Waals surface area (Å²) in [7, 11) is -3.04. The van der Waals surface area contributed by atoms with E-state index in [0.717, 1.165) is 0 Å². The average molecular weight is 247 g/mol. The first-order valence-electron chi connectivity index (χ1n) is 5.32. The largest absolute Gasteiger partial charge is 0.349 e. The number of ketones is 1. The second-order valence-corrected chi connectivity index (χ2v) is 6.67. The normalized spacial score (nSPS) is 23.3. The Hall–Kier alpha value is -0.910. The van der Waals surface area contributed by atoms with Crippen molar-refractivity contribution < 1.29 is 18.0 Å². The van der Waals surface area contributed by atoms with Crippen molar-refractivity contribution in [3.8, 4) is 0 Å². The molecule has 1 amide bonds. The summed E-state index contributed by atoms with van der Waals surface area (Å²) in [6.45, 7) is 3.51. The lowest BCUT2D eigenvalue weighted by molar-refractivity contribution is -0.128. The summed E-state index contributed by atoms with van der Waals surface area (Å²) in [5.41, 5.74) is 0. The molecule has 0 spiro atoms. The Bertz CT molecular complexity index is 386. The van der Waals surface area contributed by atoms with Crippen LogP contribution in [0.15, 0.2) is 0 Å². The van der Waals surface area contributed by atoms with Crippen molar-refractivity contribution in [2.75, 3.05) is 18.1 Å². The zero-order chi connectivity index (χ0) is 12.3. The molecule has 1 heterocycles. The second-order valence-electron chi connectivity index (χ2n) is 4.44. The van der Waals surface area contributed by atoms with Crippen LogP contribution in [0.2, 0.25) is 0 Å². The Kier molecular flexibility index (Phi) is 4.07. The first-order valence-corrected chi connectivity index (χ1v) is 7.15. The fourth-order valence-corrected chi connectivity index (χ4v) is 3.27. The van der Waals surface area contributed by atoms with Crippen molar-refractivity contribution in [3.05, 3.63) is 0 Å². The molecule has 92 valence electrons. The smallest absolute Gasteiger partial charge is 0.224 e. The van der Waals surface area contributed by atoms with E-state index in [1.807, 2.05) is 0 Å². The molecular weight excluding hydrogens is 230 g/mol. The van der Waals surface area contributed by atoms with Crippen LogP contribution in [0.3, 0.4) is 0 Å². The average Bonchev–Trinajstić information content (AvgIpc) is 2.54. The summed E-state index contributed by atoms with van der Waals surface area (Å²) in [5, 5.41) is 2.49. The number of hydrogen-bond acceptors (Lipinski definition) is 4. The lowest BCUT2D eigenvalue weighted by Gasteiger charge is -2.09. The van der Waals surface area contributed by atoms with Gasteiger partial charge in [0, 0.05) is 5.92 Å². The Morgan fingerprint density at radius 3 is 2.44 bits per heavy atom. The maximum Gasteiger partial charge on any atom is 0.224 e. The van der Waals surface area contributed by atoms with Gasteiger partial charge in [0.25, 0.3) is 0 Å². The highest BCUT2D eigenvalue weighted by Crippen LogP contribution is 2.18. The van der Waals surface area contributed by atoms with Crippen LogP contribution in [0, 0.1) is 11.8 Å². The van der Waals surface area contributed by atoms with Gasteiger partial charge in [-0.05, 0) is 6.42 Å². The molecule has 1 atom stereocenters. The first-order chi connectivity index (χ1) is 7.32. The molecule has 0 aromatic carbocycles. The lowest BCUT2D eigenvalue weighted by Crippen LogP contribution is -2.36. The molecule has 5 nitrogen and oxygen atoms in total. The number of amides is 1. The standard InChI is InChI=1S/C10H17NO4S/c1-7(2)9(12)5-11-10(13)8-3-4-16(14,15)6-8/h7-8H,3-6H2,1-2H3,(H,11,13). The molecule has 0 radical (unpaired) electrons. The molecule has 0 aromatic rings. The Morgan fingerprint density at radius 2 is 2.00 bits per heavy atom. The number of nitrogens with one attached hydrogen (secondary N) is 1. The van der Waals surface area contributed by atoms with Gasteiger partial charge in [-0.15, -0.1) is 0 Å². The highest BCUT2D eigenvalue weighted by Gasteiger charge is 2.32. The van der Waals surface area contributed by atoms with Crippen molar-refractivity contribution in [1.82, 2.24) is 5.32 Å². The van der Waals surface area contributed by atoms with Gasteiger partial charge in [-0.1, -0.05) is 13.8 Å². The summed E-state index contributed by atoms with van der Waals surface area (Å²) < 4.78 is 22.3. The molecule has 0 bridgehead atoms. The minimum Gasteiger partial charge on any atom is -0.349 e. The van der Waals surface area contributed by atoms with Crippen LogP contribution >= 0.6 is 0 Å². The van der Waals surface area contributed by atoms with E-state index in [-0.39, 0.29) is 35.7 Å². The van der Waals surface area contributed by atoms with Crippen molar-refractivity contribution >= 4 is 21.5 Å². The van der Waals surface area contributed by atoms with Gasteiger partial charge in [-0.2, -0.15) is 0 Å². The van der Waals surface area contributed by atoms with Crippen LogP contribution in [0.4, 0.5) is 0 Å². The van der Waals surface area contributed by atoms with E-state index >= 15 is 0 Å². The summed E-state index contributed by atoms with van der Waals surface area (Å²) >= 11 is 0.